The number of benzene rings is 2. The monoisotopic (exact) mass is 584 g/mol. The number of carbonyl (C=O) groups excluding carboxylic acids is 3. The van der Waals surface area contributed by atoms with Crippen LogP contribution in [0.3, 0.4) is 0 Å². The van der Waals surface area contributed by atoms with Gasteiger partial charge < -0.3 is 20.1 Å². The molecule has 224 valence electrons. The van der Waals surface area contributed by atoms with Crippen LogP contribution in [0.1, 0.15) is 49.8 Å². The summed E-state index contributed by atoms with van der Waals surface area (Å²) in [4.78, 5) is 52.6. The fourth-order valence-electron chi connectivity index (χ4n) is 5.84. The van der Waals surface area contributed by atoms with Crippen LogP contribution in [0, 0.1) is 11.6 Å². The zero-order valence-electron chi connectivity index (χ0n) is 23.5. The minimum atomic E-state index is -1.36. The Morgan fingerprint density at radius 1 is 1.14 bits per heavy atom. The second kappa shape index (κ2) is 13.1. The molecule has 1 unspecified atom stereocenters. The molecular formula is C30H34F2N4O6. The molecule has 4 rings (SSSR count). The van der Waals surface area contributed by atoms with Gasteiger partial charge in [0.05, 0.1) is 29.8 Å². The molecule has 1 saturated heterocycles. The fourth-order valence-corrected chi connectivity index (χ4v) is 5.84. The van der Waals surface area contributed by atoms with E-state index in [4.69, 9.17) is 4.74 Å². The van der Waals surface area contributed by atoms with Gasteiger partial charge in [0.1, 0.15) is 0 Å². The molecule has 1 fully saturated rings. The summed E-state index contributed by atoms with van der Waals surface area (Å²) in [6.45, 7) is 3.56. The second-order valence-corrected chi connectivity index (χ2v) is 10.3. The highest BCUT2D eigenvalue weighted by atomic mass is 19.2. The lowest BCUT2D eigenvalue weighted by Gasteiger charge is -2.41. The van der Waals surface area contributed by atoms with Gasteiger partial charge in [-0.25, -0.2) is 28.4 Å². The van der Waals surface area contributed by atoms with Crippen molar-refractivity contribution in [2.45, 2.75) is 44.1 Å². The Balaban J connectivity index is 1.46. The summed E-state index contributed by atoms with van der Waals surface area (Å²) in [5.74, 6) is -3.91. The third kappa shape index (κ3) is 5.98. The number of ether oxygens (including phenoxy) is 1. The van der Waals surface area contributed by atoms with Gasteiger partial charge in [-0.1, -0.05) is 43.3 Å². The maximum atomic E-state index is 13.9. The Morgan fingerprint density at radius 2 is 1.83 bits per heavy atom. The molecule has 0 saturated carbocycles. The van der Waals surface area contributed by atoms with Crippen LogP contribution in [0.4, 0.5) is 13.6 Å². The molecule has 2 aliphatic heterocycles. The number of piperidine rings is 1. The Kier molecular flexibility index (Phi) is 9.56. The van der Waals surface area contributed by atoms with Crippen LogP contribution in [0.5, 0.6) is 0 Å². The van der Waals surface area contributed by atoms with Crippen LogP contribution in [0.25, 0.3) is 0 Å². The third-order valence-electron chi connectivity index (χ3n) is 8.01. The predicted molar refractivity (Wildman–Crippen MR) is 148 cm³/mol. The SMILES string of the molecule is CCC1=C(C(=O)O)C(c2ccc(F)c(F)c2)NC(=O)N1N(C=O)CCCN1CCC(C(=O)OC)(c2ccccc2)CC1. The van der Waals surface area contributed by atoms with Crippen molar-refractivity contribution in [1.82, 2.24) is 20.2 Å². The molecule has 0 spiro atoms. The quantitative estimate of drug-likeness (QED) is 0.305. The van der Waals surface area contributed by atoms with Crippen LogP contribution in [0.15, 0.2) is 59.8 Å². The van der Waals surface area contributed by atoms with Crippen molar-refractivity contribution in [2.24, 2.45) is 0 Å². The number of urea groups is 1. The van der Waals surface area contributed by atoms with Crippen molar-refractivity contribution in [1.29, 1.82) is 0 Å². The van der Waals surface area contributed by atoms with E-state index in [-0.39, 0.29) is 35.8 Å². The lowest BCUT2D eigenvalue weighted by Crippen LogP contribution is -2.55. The minimum Gasteiger partial charge on any atom is -0.478 e. The summed E-state index contributed by atoms with van der Waals surface area (Å²) >= 11 is 0. The van der Waals surface area contributed by atoms with Crippen LogP contribution in [-0.4, -0.2) is 77.7 Å². The standard InChI is InChI=1S/C30H34F2N4O6/c1-3-24-25(27(38)39)26(20-10-11-22(31)23(32)18-20)33-29(41)36(24)35(19-37)15-7-14-34-16-12-30(13-17-34,28(40)42-2)21-8-5-4-6-9-21/h4-6,8-11,18-19,26H,3,7,12-17H2,1-2H3,(H,33,41)(H,38,39). The maximum Gasteiger partial charge on any atom is 0.341 e. The number of methoxy groups -OCH3 is 1. The minimum absolute atomic E-state index is 0.0616. The van der Waals surface area contributed by atoms with E-state index in [1.54, 1.807) is 6.92 Å². The zero-order valence-corrected chi connectivity index (χ0v) is 23.5. The molecule has 2 N–H and O–H groups in total. The number of hydrogen-bond acceptors (Lipinski definition) is 6. The topological polar surface area (TPSA) is 119 Å². The van der Waals surface area contributed by atoms with Gasteiger partial charge in [0.15, 0.2) is 11.6 Å². The van der Waals surface area contributed by atoms with E-state index in [1.807, 2.05) is 30.3 Å². The van der Waals surface area contributed by atoms with Gasteiger partial charge >= 0.3 is 18.0 Å². The molecule has 42 heavy (non-hydrogen) atoms. The molecule has 0 aliphatic carbocycles. The van der Waals surface area contributed by atoms with Crippen molar-refractivity contribution in [2.75, 3.05) is 33.3 Å². The van der Waals surface area contributed by atoms with E-state index in [1.165, 1.54) is 13.2 Å². The largest absolute Gasteiger partial charge is 0.478 e. The molecule has 0 radical (unpaired) electrons. The normalized spacial score (nSPS) is 18.8. The first-order chi connectivity index (χ1) is 20.2. The van der Waals surface area contributed by atoms with Gasteiger partial charge in [0.25, 0.3) is 0 Å². The van der Waals surface area contributed by atoms with Crippen molar-refractivity contribution in [3.8, 4) is 0 Å². The zero-order chi connectivity index (χ0) is 30.4. The second-order valence-electron chi connectivity index (χ2n) is 10.3. The van der Waals surface area contributed by atoms with E-state index in [0.717, 1.165) is 27.7 Å². The molecular weight excluding hydrogens is 550 g/mol. The predicted octanol–water partition coefficient (Wildman–Crippen LogP) is 3.75. The molecule has 2 heterocycles. The molecule has 0 aromatic heterocycles. The number of halogens is 2. The molecule has 2 aromatic carbocycles. The summed E-state index contributed by atoms with van der Waals surface area (Å²) in [6.07, 6.45) is 2.13. The summed E-state index contributed by atoms with van der Waals surface area (Å²) < 4.78 is 32.6. The highest BCUT2D eigenvalue weighted by molar-refractivity contribution is 5.94. The summed E-state index contributed by atoms with van der Waals surface area (Å²) in [5, 5.41) is 14.7. The summed E-state index contributed by atoms with van der Waals surface area (Å²) in [7, 11) is 1.39. The Bertz CT molecular complexity index is 1360. The number of esters is 1. The van der Waals surface area contributed by atoms with Crippen molar-refractivity contribution in [3.05, 3.63) is 82.6 Å². The average molecular weight is 585 g/mol. The summed E-state index contributed by atoms with van der Waals surface area (Å²) in [6, 6.07) is 10.5. The number of hydrazine groups is 1. The molecule has 1 atom stereocenters. The Labute approximate surface area is 242 Å². The van der Waals surface area contributed by atoms with Crippen molar-refractivity contribution >= 4 is 24.4 Å². The number of rotatable bonds is 11. The van der Waals surface area contributed by atoms with E-state index in [2.05, 4.69) is 10.2 Å². The number of likely N-dealkylation sites (tertiary alicyclic amines) is 1. The van der Waals surface area contributed by atoms with Gasteiger partial charge in [-0.05, 0) is 68.6 Å². The summed E-state index contributed by atoms with van der Waals surface area (Å²) in [5.41, 5.74) is 0.0644. The number of nitrogens with one attached hydrogen (secondary N) is 1. The number of nitrogens with zero attached hydrogens (tertiary/aromatic N) is 3. The first-order valence-corrected chi connectivity index (χ1v) is 13.8. The van der Waals surface area contributed by atoms with Crippen LogP contribution < -0.4 is 5.32 Å². The lowest BCUT2D eigenvalue weighted by molar-refractivity contribution is -0.149. The number of carboxylic acids is 1. The number of carbonyl (C=O) groups is 4. The van der Waals surface area contributed by atoms with Crippen LogP contribution in [0.2, 0.25) is 0 Å². The molecule has 2 aliphatic rings. The first-order valence-electron chi connectivity index (χ1n) is 13.8. The molecule has 2 aromatic rings. The van der Waals surface area contributed by atoms with Gasteiger partial charge in [0, 0.05) is 6.54 Å². The molecule has 0 bridgehead atoms. The molecule has 12 heteroatoms. The highest BCUT2D eigenvalue weighted by Gasteiger charge is 2.44. The van der Waals surface area contributed by atoms with E-state index >= 15 is 0 Å². The van der Waals surface area contributed by atoms with E-state index < -0.39 is 35.1 Å². The smallest absolute Gasteiger partial charge is 0.341 e. The lowest BCUT2D eigenvalue weighted by atomic mass is 9.72. The van der Waals surface area contributed by atoms with E-state index in [9.17, 15) is 33.1 Å². The number of carboxylic acid groups (broad SMARTS) is 1. The Hall–Kier alpha value is -4.32. The third-order valence-corrected chi connectivity index (χ3v) is 8.01. The van der Waals surface area contributed by atoms with Crippen LogP contribution >= 0.6 is 0 Å². The maximum absolute atomic E-state index is 13.9. The molecule has 10 nitrogen and oxygen atoms in total. The molecule has 3 amide bonds. The number of aliphatic carboxylic acids is 1. The average Bonchev–Trinajstić information content (AvgIpc) is 3.00. The van der Waals surface area contributed by atoms with Gasteiger partial charge in [-0.2, -0.15) is 0 Å². The van der Waals surface area contributed by atoms with Gasteiger partial charge in [-0.15, -0.1) is 0 Å². The fraction of sp³-hybridized carbons (Fsp3) is 0.400. The van der Waals surface area contributed by atoms with Gasteiger partial charge in [0.2, 0.25) is 6.41 Å². The van der Waals surface area contributed by atoms with Crippen molar-refractivity contribution < 1.29 is 37.8 Å². The number of hydrogen-bond donors (Lipinski definition) is 2. The number of allylic oxidation sites excluding steroid dienone is 1. The Morgan fingerprint density at radius 3 is 2.40 bits per heavy atom. The van der Waals surface area contributed by atoms with E-state index in [0.29, 0.717) is 45.3 Å². The number of amides is 3. The van der Waals surface area contributed by atoms with Crippen molar-refractivity contribution in [3.63, 3.8) is 0 Å². The highest BCUT2D eigenvalue weighted by Crippen LogP contribution is 2.37. The van der Waals surface area contributed by atoms with Gasteiger partial charge in [-0.3, -0.25) is 9.59 Å². The van der Waals surface area contributed by atoms with Crippen LogP contribution in [-0.2, 0) is 24.5 Å². The first kappa shape index (κ1) is 30.6.